The first-order valence-electron chi connectivity index (χ1n) is 5.00. The van der Waals surface area contributed by atoms with Crippen LogP contribution in [0.25, 0.3) is 0 Å². The van der Waals surface area contributed by atoms with Gasteiger partial charge in [-0.3, -0.25) is 4.74 Å². The molecule has 0 aliphatic rings. The van der Waals surface area contributed by atoms with E-state index in [0.29, 0.717) is 0 Å². The van der Waals surface area contributed by atoms with Crippen molar-refractivity contribution in [3.8, 4) is 0 Å². The zero-order valence-corrected chi connectivity index (χ0v) is 10.3. The van der Waals surface area contributed by atoms with Crippen molar-refractivity contribution in [1.82, 2.24) is 0 Å². The van der Waals surface area contributed by atoms with Crippen LogP contribution in [0, 0.1) is 0 Å². The zero-order valence-electron chi connectivity index (χ0n) is 10.3. The molecule has 0 bridgehead atoms. The van der Waals surface area contributed by atoms with Crippen molar-refractivity contribution in [3.63, 3.8) is 0 Å². The molecule has 0 rings (SSSR count). The summed E-state index contributed by atoms with van der Waals surface area (Å²) in [6.07, 6.45) is -23.1. The Hall–Kier alpha value is -1.60. The molecule has 14 heteroatoms. The predicted molar refractivity (Wildman–Crippen MR) is 48.1 cm³/mol. The molecule has 0 radical (unpaired) electrons. The van der Waals surface area contributed by atoms with Crippen LogP contribution in [0.15, 0.2) is 12.7 Å². The highest BCUT2D eigenvalue weighted by Gasteiger charge is 2.76. The quantitative estimate of drug-likeness (QED) is 0.389. The largest absolute Gasteiger partial charge is 0.462 e. The molecule has 136 valence electrons. The molecule has 0 aromatic heterocycles. The number of hydrogen-bond donors (Lipinski definition) is 0. The number of ether oxygens (including phenoxy) is 2. The number of carbonyl (C=O) groups is 1. The molecule has 3 nitrogen and oxygen atoms in total. The molecular formula is C9H5F11O3. The summed E-state index contributed by atoms with van der Waals surface area (Å²) in [7, 11) is 0. The number of halogens is 11. The van der Waals surface area contributed by atoms with Crippen LogP contribution in [0.2, 0.25) is 0 Å². The Morgan fingerprint density at radius 3 is 1.70 bits per heavy atom. The van der Waals surface area contributed by atoms with Gasteiger partial charge in [0.05, 0.1) is 0 Å². The van der Waals surface area contributed by atoms with Crippen molar-refractivity contribution < 1.29 is 62.6 Å². The SMILES string of the molecule is C=CC(=O)OC(F)C(F)(F)C(F)OC(F)(F)C(F)(F)C(F)(F)F. The zero-order chi connectivity index (χ0) is 18.9. The average Bonchev–Trinajstić information content (AvgIpc) is 2.36. The smallest absolute Gasteiger partial charge is 0.421 e. The molecule has 0 saturated heterocycles. The number of rotatable bonds is 7. The molecule has 0 spiro atoms. The Morgan fingerprint density at radius 2 is 1.35 bits per heavy atom. The topological polar surface area (TPSA) is 35.5 Å². The van der Waals surface area contributed by atoms with Crippen molar-refractivity contribution in [2.75, 3.05) is 0 Å². The predicted octanol–water partition coefficient (Wildman–Crippen LogP) is 3.75. The summed E-state index contributed by atoms with van der Waals surface area (Å²) < 4.78 is 141. The molecule has 0 aliphatic heterocycles. The minimum absolute atomic E-state index is 0.0865. The number of esters is 1. The summed E-state index contributed by atoms with van der Waals surface area (Å²) in [5.74, 6) is -14.8. The van der Waals surface area contributed by atoms with Crippen LogP contribution >= 0.6 is 0 Å². The minimum Gasteiger partial charge on any atom is -0.421 e. The van der Waals surface area contributed by atoms with E-state index in [1.807, 2.05) is 0 Å². The monoisotopic (exact) mass is 370 g/mol. The van der Waals surface area contributed by atoms with Gasteiger partial charge >= 0.3 is 36.5 Å². The van der Waals surface area contributed by atoms with Gasteiger partial charge in [-0.25, -0.2) is 9.18 Å². The molecule has 2 unspecified atom stereocenters. The molecule has 0 aliphatic carbocycles. The van der Waals surface area contributed by atoms with Gasteiger partial charge in [0.25, 0.3) is 6.36 Å². The second-order valence-corrected chi connectivity index (χ2v) is 3.65. The molecule has 0 aromatic carbocycles. The van der Waals surface area contributed by atoms with Crippen molar-refractivity contribution in [3.05, 3.63) is 12.7 Å². The van der Waals surface area contributed by atoms with Crippen LogP contribution in [-0.4, -0.2) is 42.8 Å². The van der Waals surface area contributed by atoms with Crippen LogP contribution in [-0.2, 0) is 14.3 Å². The molecule has 2 atom stereocenters. The lowest BCUT2D eigenvalue weighted by atomic mass is 10.3. The van der Waals surface area contributed by atoms with Crippen LogP contribution in [0.3, 0.4) is 0 Å². The van der Waals surface area contributed by atoms with Crippen molar-refractivity contribution in [2.24, 2.45) is 0 Å². The van der Waals surface area contributed by atoms with E-state index in [4.69, 9.17) is 0 Å². The van der Waals surface area contributed by atoms with Crippen molar-refractivity contribution in [2.45, 2.75) is 36.8 Å². The third-order valence-electron chi connectivity index (χ3n) is 1.96. The Balaban J connectivity index is 5.27. The summed E-state index contributed by atoms with van der Waals surface area (Å²) in [6.45, 7) is 2.60. The van der Waals surface area contributed by atoms with Gasteiger partial charge in [-0.2, -0.15) is 43.9 Å². The Kier molecular flexibility index (Phi) is 6.04. The van der Waals surface area contributed by atoms with Crippen molar-refractivity contribution in [1.29, 1.82) is 0 Å². The lowest BCUT2D eigenvalue weighted by Gasteiger charge is -2.31. The van der Waals surface area contributed by atoms with Gasteiger partial charge in [0, 0.05) is 6.08 Å². The van der Waals surface area contributed by atoms with Gasteiger partial charge in [-0.05, 0) is 0 Å². The fourth-order valence-corrected chi connectivity index (χ4v) is 0.779. The Bertz CT molecular complexity index is 445. The molecule has 0 heterocycles. The third kappa shape index (κ3) is 4.45. The maximum Gasteiger partial charge on any atom is 0.462 e. The highest BCUT2D eigenvalue weighted by molar-refractivity contribution is 5.81. The number of alkyl halides is 11. The van der Waals surface area contributed by atoms with Gasteiger partial charge in [0.1, 0.15) is 0 Å². The Labute approximate surface area is 119 Å². The molecule has 0 saturated carbocycles. The minimum atomic E-state index is -7.07. The second-order valence-electron chi connectivity index (χ2n) is 3.65. The van der Waals surface area contributed by atoms with Gasteiger partial charge in [-0.1, -0.05) is 6.58 Å². The van der Waals surface area contributed by atoms with Crippen LogP contribution in [0.1, 0.15) is 0 Å². The summed E-state index contributed by atoms with van der Waals surface area (Å²) >= 11 is 0. The first kappa shape index (κ1) is 21.4. The molecule has 0 N–H and O–H groups in total. The maximum atomic E-state index is 12.9. The normalized spacial score (nSPS) is 16.7. The van der Waals surface area contributed by atoms with Gasteiger partial charge in [0.2, 0.25) is 0 Å². The summed E-state index contributed by atoms with van der Waals surface area (Å²) in [4.78, 5) is 10.4. The van der Waals surface area contributed by atoms with Crippen LogP contribution in [0.4, 0.5) is 48.3 Å². The van der Waals surface area contributed by atoms with E-state index in [0.717, 1.165) is 0 Å². The van der Waals surface area contributed by atoms with E-state index in [1.165, 1.54) is 0 Å². The van der Waals surface area contributed by atoms with Crippen molar-refractivity contribution >= 4 is 5.97 Å². The van der Waals surface area contributed by atoms with E-state index in [-0.39, 0.29) is 6.08 Å². The third-order valence-corrected chi connectivity index (χ3v) is 1.96. The fraction of sp³-hybridized carbons (Fsp3) is 0.667. The average molecular weight is 370 g/mol. The van der Waals surface area contributed by atoms with Gasteiger partial charge in [0.15, 0.2) is 0 Å². The fourth-order valence-electron chi connectivity index (χ4n) is 0.779. The standard InChI is InChI=1S/C9H5F11O3/c1-2-3(21)22-4(10)6(12,13)5(11)23-9(19,20)7(14,15)8(16,17)18/h2,4-5H,1H2. The van der Waals surface area contributed by atoms with Gasteiger partial charge < -0.3 is 4.74 Å². The molecule has 0 amide bonds. The lowest BCUT2D eigenvalue weighted by molar-refractivity contribution is -0.454. The van der Waals surface area contributed by atoms with Crippen LogP contribution in [0.5, 0.6) is 0 Å². The van der Waals surface area contributed by atoms with E-state index < -0.39 is 42.8 Å². The van der Waals surface area contributed by atoms with Crippen LogP contribution < -0.4 is 0 Å². The first-order chi connectivity index (χ1) is 10.0. The summed E-state index contributed by atoms with van der Waals surface area (Å²) in [5.41, 5.74) is 0. The van der Waals surface area contributed by atoms with E-state index in [2.05, 4.69) is 16.1 Å². The molecule has 0 fully saturated rings. The summed E-state index contributed by atoms with van der Waals surface area (Å²) in [6, 6.07) is 0. The van der Waals surface area contributed by atoms with E-state index in [9.17, 15) is 53.1 Å². The Morgan fingerprint density at radius 1 is 0.913 bits per heavy atom. The van der Waals surface area contributed by atoms with E-state index in [1.54, 1.807) is 0 Å². The number of carbonyl (C=O) groups excluding carboxylic acids is 1. The first-order valence-corrected chi connectivity index (χ1v) is 5.00. The second kappa shape index (κ2) is 6.49. The molecule has 23 heavy (non-hydrogen) atoms. The molecular weight excluding hydrogens is 365 g/mol. The number of hydrogen-bond acceptors (Lipinski definition) is 3. The lowest BCUT2D eigenvalue weighted by Crippen LogP contribution is -2.57. The maximum absolute atomic E-state index is 12.9. The van der Waals surface area contributed by atoms with Gasteiger partial charge in [-0.15, -0.1) is 0 Å². The highest BCUT2D eigenvalue weighted by atomic mass is 19.4. The summed E-state index contributed by atoms with van der Waals surface area (Å²) in [5, 5.41) is 0. The van der Waals surface area contributed by atoms with E-state index >= 15 is 0 Å². The molecule has 0 aromatic rings. The highest BCUT2D eigenvalue weighted by Crippen LogP contribution is 2.48.